The number of likely N-dealkylation sites (tertiary alicyclic amines) is 1. The summed E-state index contributed by atoms with van der Waals surface area (Å²) in [6.45, 7) is 7.76. The molecule has 0 aliphatic carbocycles. The van der Waals surface area contributed by atoms with Gasteiger partial charge in [-0.1, -0.05) is 13.3 Å². The molecule has 0 bridgehead atoms. The molecule has 9 nitrogen and oxygen atoms in total. The number of sulfone groups is 1. The number of hydrogen-bond acceptors (Lipinski definition) is 9. The zero-order chi connectivity index (χ0) is 29.7. The summed E-state index contributed by atoms with van der Waals surface area (Å²) in [6, 6.07) is 12.0. The zero-order valence-corrected chi connectivity index (χ0v) is 25.3. The maximum absolute atomic E-state index is 14.1. The van der Waals surface area contributed by atoms with Crippen molar-refractivity contribution >= 4 is 32.4 Å². The molecule has 3 aromatic rings. The second-order valence-electron chi connectivity index (χ2n) is 11.1. The second-order valence-corrected chi connectivity index (χ2v) is 13.0. The Morgan fingerprint density at radius 3 is 2.38 bits per heavy atom. The van der Waals surface area contributed by atoms with Gasteiger partial charge >= 0.3 is 5.97 Å². The summed E-state index contributed by atoms with van der Waals surface area (Å²) in [4.78, 5) is 22.0. The third-order valence-electron chi connectivity index (χ3n) is 8.30. The number of rotatable bonds is 10. The molecule has 2 aromatic carbocycles. The number of nitrogens with zero attached hydrogens (tertiary/aromatic N) is 3. The molecule has 2 fully saturated rings. The van der Waals surface area contributed by atoms with Crippen molar-refractivity contribution in [1.29, 1.82) is 0 Å². The van der Waals surface area contributed by atoms with Gasteiger partial charge in [0.05, 0.1) is 41.0 Å². The molecule has 0 radical (unpaired) electrons. The molecule has 10 heteroatoms. The topological polar surface area (TPSA) is 109 Å². The highest BCUT2D eigenvalue weighted by atomic mass is 32.2. The quantitative estimate of drug-likeness (QED) is 0.260. The SMILES string of the molecule is CCCCOc1ccc(S(=O)(=O)c2cnc3ccc(C(=O)OCC)cc3c2N2CCC(N3CCC(O)CC3)CC2)cc1. The highest BCUT2D eigenvalue weighted by molar-refractivity contribution is 7.91. The molecule has 0 spiro atoms. The average Bonchev–Trinajstić information content (AvgIpc) is 3.01. The number of hydrogen-bond donors (Lipinski definition) is 1. The Kier molecular flexibility index (Phi) is 9.65. The number of pyridine rings is 1. The lowest BCUT2D eigenvalue weighted by molar-refractivity contribution is 0.0525. The van der Waals surface area contributed by atoms with Crippen LogP contribution in [0.25, 0.3) is 10.9 Å². The molecule has 226 valence electrons. The van der Waals surface area contributed by atoms with Gasteiger partial charge in [-0.2, -0.15) is 0 Å². The van der Waals surface area contributed by atoms with Crippen molar-refractivity contribution in [2.75, 3.05) is 44.3 Å². The van der Waals surface area contributed by atoms with E-state index in [1.54, 1.807) is 49.4 Å². The minimum atomic E-state index is -3.95. The van der Waals surface area contributed by atoms with Crippen LogP contribution in [0.5, 0.6) is 5.75 Å². The summed E-state index contributed by atoms with van der Waals surface area (Å²) in [7, 11) is -3.95. The zero-order valence-electron chi connectivity index (χ0n) is 24.5. The third-order valence-corrected chi connectivity index (χ3v) is 10.1. The molecule has 2 aliphatic rings. The van der Waals surface area contributed by atoms with E-state index in [0.29, 0.717) is 53.6 Å². The standard InChI is InChI=1S/C32H41N3O6S/c1-3-5-20-41-26-7-9-27(10-8-26)42(38,39)30-22-33-29-11-6-23(32(37)40-4-2)21-28(29)31(30)35-16-12-24(13-17-35)34-18-14-25(36)15-19-34/h6-11,21-22,24-25,36H,3-5,12-20H2,1-2H3. The van der Waals surface area contributed by atoms with Gasteiger partial charge in [-0.3, -0.25) is 4.98 Å². The Hall–Kier alpha value is -3.21. The molecule has 1 N–H and O–H groups in total. The maximum atomic E-state index is 14.1. The molecule has 0 atom stereocenters. The number of unbranched alkanes of at least 4 members (excludes halogenated alkanes) is 1. The van der Waals surface area contributed by atoms with Crippen LogP contribution >= 0.6 is 0 Å². The van der Waals surface area contributed by atoms with Crippen LogP contribution in [-0.4, -0.2) is 80.9 Å². The van der Waals surface area contributed by atoms with Gasteiger partial charge in [-0.25, -0.2) is 13.2 Å². The van der Waals surface area contributed by atoms with Gasteiger partial charge in [0.2, 0.25) is 9.84 Å². The fraction of sp³-hybridized carbons (Fsp3) is 0.500. The van der Waals surface area contributed by atoms with Crippen LogP contribution in [0.4, 0.5) is 5.69 Å². The molecule has 2 saturated heterocycles. The van der Waals surface area contributed by atoms with Crippen LogP contribution in [0.3, 0.4) is 0 Å². The first-order valence-electron chi connectivity index (χ1n) is 15.1. The van der Waals surface area contributed by atoms with Crippen molar-refractivity contribution in [3.63, 3.8) is 0 Å². The van der Waals surface area contributed by atoms with E-state index in [0.717, 1.165) is 51.6 Å². The third kappa shape index (κ3) is 6.55. The largest absolute Gasteiger partial charge is 0.494 e. The van der Waals surface area contributed by atoms with Gasteiger partial charge in [0, 0.05) is 43.8 Å². The summed E-state index contributed by atoms with van der Waals surface area (Å²) in [5.41, 5.74) is 1.54. The average molecular weight is 596 g/mol. The first kappa shape index (κ1) is 30.3. The molecule has 0 amide bonds. The Morgan fingerprint density at radius 2 is 1.71 bits per heavy atom. The van der Waals surface area contributed by atoms with Gasteiger partial charge in [0.25, 0.3) is 0 Å². The maximum Gasteiger partial charge on any atom is 0.338 e. The Labute approximate surface area is 248 Å². The van der Waals surface area contributed by atoms with Gasteiger partial charge in [0.15, 0.2) is 0 Å². The second kappa shape index (κ2) is 13.4. The van der Waals surface area contributed by atoms with Crippen molar-refractivity contribution in [3.05, 3.63) is 54.2 Å². The smallest absolute Gasteiger partial charge is 0.338 e. The number of ether oxygens (including phenoxy) is 2. The number of carbonyl (C=O) groups is 1. The monoisotopic (exact) mass is 595 g/mol. The van der Waals surface area contributed by atoms with E-state index in [2.05, 4.69) is 21.7 Å². The van der Waals surface area contributed by atoms with Crippen LogP contribution in [0.2, 0.25) is 0 Å². The Balaban J connectivity index is 1.51. The van der Waals surface area contributed by atoms with E-state index in [9.17, 15) is 18.3 Å². The van der Waals surface area contributed by atoms with Gasteiger partial charge < -0.3 is 24.4 Å². The number of aliphatic hydroxyl groups is 1. The van der Waals surface area contributed by atoms with Crippen molar-refractivity contribution in [2.45, 2.75) is 74.3 Å². The summed E-state index contributed by atoms with van der Waals surface area (Å²) >= 11 is 0. The van der Waals surface area contributed by atoms with E-state index in [1.807, 2.05) is 0 Å². The van der Waals surface area contributed by atoms with Crippen LogP contribution < -0.4 is 9.64 Å². The van der Waals surface area contributed by atoms with E-state index in [-0.39, 0.29) is 22.5 Å². The molecule has 3 heterocycles. The minimum absolute atomic E-state index is 0.121. The molecule has 0 unspecified atom stereocenters. The number of anilines is 1. The molecular weight excluding hydrogens is 554 g/mol. The van der Waals surface area contributed by atoms with Gasteiger partial charge in [-0.05, 0) is 81.5 Å². The lowest BCUT2D eigenvalue weighted by atomic mass is 9.98. The Morgan fingerprint density at radius 1 is 1.00 bits per heavy atom. The Bertz CT molecular complexity index is 1480. The molecule has 2 aliphatic heterocycles. The first-order valence-corrected chi connectivity index (χ1v) is 16.5. The van der Waals surface area contributed by atoms with Crippen LogP contribution in [0.1, 0.15) is 62.7 Å². The first-order chi connectivity index (χ1) is 20.3. The predicted molar refractivity (Wildman–Crippen MR) is 162 cm³/mol. The highest BCUT2D eigenvalue weighted by Crippen LogP contribution is 2.38. The van der Waals surface area contributed by atoms with Crippen molar-refractivity contribution in [3.8, 4) is 5.75 Å². The number of benzene rings is 2. The lowest BCUT2D eigenvalue weighted by Crippen LogP contribution is -2.48. The molecule has 5 rings (SSSR count). The number of piperidine rings is 2. The fourth-order valence-corrected chi connectivity index (χ4v) is 7.34. The molecule has 0 saturated carbocycles. The van der Waals surface area contributed by atoms with Gasteiger partial charge in [-0.15, -0.1) is 0 Å². The number of carbonyl (C=O) groups excluding carboxylic acids is 1. The number of aliphatic hydroxyl groups excluding tert-OH is 1. The summed E-state index contributed by atoms with van der Waals surface area (Å²) in [5.74, 6) is 0.175. The van der Waals surface area contributed by atoms with E-state index < -0.39 is 15.8 Å². The molecule has 42 heavy (non-hydrogen) atoms. The summed E-state index contributed by atoms with van der Waals surface area (Å²) in [5, 5.41) is 10.6. The summed E-state index contributed by atoms with van der Waals surface area (Å²) in [6.07, 6.45) is 6.50. The highest BCUT2D eigenvalue weighted by Gasteiger charge is 2.32. The van der Waals surface area contributed by atoms with Crippen LogP contribution in [0, 0.1) is 0 Å². The van der Waals surface area contributed by atoms with Crippen molar-refractivity contribution in [1.82, 2.24) is 9.88 Å². The molecular formula is C32H41N3O6S. The minimum Gasteiger partial charge on any atom is -0.494 e. The van der Waals surface area contributed by atoms with Gasteiger partial charge in [0.1, 0.15) is 10.6 Å². The fourth-order valence-electron chi connectivity index (χ4n) is 5.91. The summed E-state index contributed by atoms with van der Waals surface area (Å²) < 4.78 is 39.3. The number of aromatic nitrogens is 1. The van der Waals surface area contributed by atoms with E-state index in [1.165, 1.54) is 6.20 Å². The number of fused-ring (bicyclic) bond motifs is 1. The van der Waals surface area contributed by atoms with E-state index >= 15 is 0 Å². The normalized spacial score (nSPS) is 17.5. The van der Waals surface area contributed by atoms with Crippen LogP contribution in [0.15, 0.2) is 58.5 Å². The predicted octanol–water partition coefficient (Wildman–Crippen LogP) is 4.85. The lowest BCUT2D eigenvalue weighted by Gasteiger charge is -2.42. The van der Waals surface area contributed by atoms with Crippen molar-refractivity contribution < 1.29 is 27.8 Å². The van der Waals surface area contributed by atoms with Crippen molar-refractivity contribution in [2.24, 2.45) is 0 Å². The molecule has 1 aromatic heterocycles. The number of esters is 1. The van der Waals surface area contributed by atoms with Crippen LogP contribution in [-0.2, 0) is 14.6 Å². The van der Waals surface area contributed by atoms with E-state index in [4.69, 9.17) is 9.47 Å².